The van der Waals surface area contributed by atoms with Crippen molar-refractivity contribution in [3.8, 4) is 11.5 Å². The minimum atomic E-state index is -0.351. The number of benzene rings is 2. The van der Waals surface area contributed by atoms with Crippen LogP contribution in [-0.2, 0) is 16.0 Å². The fraction of sp³-hybridized carbons (Fsp3) is 0.238. The molecule has 0 radical (unpaired) electrons. The lowest BCUT2D eigenvalue weighted by Crippen LogP contribution is -2.34. The molecule has 0 aliphatic carbocycles. The van der Waals surface area contributed by atoms with Crippen LogP contribution < -0.4 is 20.1 Å². The Kier molecular flexibility index (Phi) is 7.43. The van der Waals surface area contributed by atoms with Gasteiger partial charge in [0.1, 0.15) is 5.70 Å². The van der Waals surface area contributed by atoms with Gasteiger partial charge in [-0.2, -0.15) is 0 Å². The number of methoxy groups -OCH3 is 2. The quantitative estimate of drug-likeness (QED) is 0.702. The van der Waals surface area contributed by atoms with Gasteiger partial charge in [0.05, 0.1) is 14.2 Å². The Bertz CT molecular complexity index is 816. The van der Waals surface area contributed by atoms with Gasteiger partial charge in [-0.25, -0.2) is 0 Å². The van der Waals surface area contributed by atoms with E-state index in [0.717, 1.165) is 5.56 Å². The molecule has 0 saturated heterocycles. The molecule has 0 fully saturated rings. The maximum atomic E-state index is 12.5. The van der Waals surface area contributed by atoms with Crippen LogP contribution in [0.3, 0.4) is 0 Å². The topological polar surface area (TPSA) is 76.7 Å². The molecular weight excluding hydrogens is 344 g/mol. The normalized spacial score (nSPS) is 10.9. The van der Waals surface area contributed by atoms with E-state index in [-0.39, 0.29) is 17.5 Å². The monoisotopic (exact) mass is 368 g/mol. The number of rotatable bonds is 8. The fourth-order valence-electron chi connectivity index (χ4n) is 2.52. The van der Waals surface area contributed by atoms with Gasteiger partial charge >= 0.3 is 0 Å². The number of hydrogen-bond donors (Lipinski definition) is 2. The first-order chi connectivity index (χ1) is 13.0. The summed E-state index contributed by atoms with van der Waals surface area (Å²) in [5, 5.41) is 5.41. The lowest BCUT2D eigenvalue weighted by molar-refractivity contribution is -0.122. The molecule has 0 atom stereocenters. The molecule has 6 nitrogen and oxygen atoms in total. The van der Waals surface area contributed by atoms with Gasteiger partial charge in [0, 0.05) is 13.5 Å². The Hall–Kier alpha value is -3.28. The van der Waals surface area contributed by atoms with E-state index in [1.165, 1.54) is 14.0 Å². The van der Waals surface area contributed by atoms with Crippen molar-refractivity contribution in [3.05, 3.63) is 65.4 Å². The average Bonchev–Trinajstić information content (AvgIpc) is 2.67. The van der Waals surface area contributed by atoms with Crippen LogP contribution in [0.25, 0.3) is 6.08 Å². The van der Waals surface area contributed by atoms with Crippen LogP contribution in [0.1, 0.15) is 18.1 Å². The van der Waals surface area contributed by atoms with Gasteiger partial charge in [-0.15, -0.1) is 0 Å². The molecule has 27 heavy (non-hydrogen) atoms. The molecule has 2 rings (SSSR count). The van der Waals surface area contributed by atoms with Crippen LogP contribution in [-0.4, -0.2) is 32.6 Å². The van der Waals surface area contributed by atoms with Crippen molar-refractivity contribution >= 4 is 17.9 Å². The van der Waals surface area contributed by atoms with Crippen molar-refractivity contribution < 1.29 is 19.1 Å². The van der Waals surface area contributed by atoms with E-state index in [1.807, 2.05) is 30.3 Å². The summed E-state index contributed by atoms with van der Waals surface area (Å²) in [4.78, 5) is 24.0. The molecule has 0 spiro atoms. The first-order valence-corrected chi connectivity index (χ1v) is 8.57. The Morgan fingerprint density at radius 3 is 2.33 bits per heavy atom. The molecule has 142 valence electrons. The lowest BCUT2D eigenvalue weighted by atomic mass is 10.1. The summed E-state index contributed by atoms with van der Waals surface area (Å²) in [5.74, 6) is 0.455. The van der Waals surface area contributed by atoms with E-state index in [2.05, 4.69) is 10.6 Å². The number of ether oxygens (including phenoxy) is 2. The Balaban J connectivity index is 2.12. The molecule has 6 heteroatoms. The zero-order valence-corrected chi connectivity index (χ0v) is 15.7. The highest BCUT2D eigenvalue weighted by atomic mass is 16.5. The molecule has 0 heterocycles. The predicted octanol–water partition coefficient (Wildman–Crippen LogP) is 2.54. The molecule has 0 bridgehead atoms. The highest BCUT2D eigenvalue weighted by molar-refractivity contribution is 6.00. The van der Waals surface area contributed by atoms with Gasteiger partial charge in [0.25, 0.3) is 5.91 Å². The second-order valence-corrected chi connectivity index (χ2v) is 5.85. The molecule has 2 N–H and O–H groups in total. The Labute approximate surface area is 159 Å². The number of carbonyl (C=O) groups excluding carboxylic acids is 2. The summed E-state index contributed by atoms with van der Waals surface area (Å²) in [6.07, 6.45) is 2.30. The number of carbonyl (C=O) groups is 2. The zero-order chi connectivity index (χ0) is 19.6. The van der Waals surface area contributed by atoms with Crippen LogP contribution in [0.4, 0.5) is 0 Å². The molecule has 0 aromatic heterocycles. The van der Waals surface area contributed by atoms with Gasteiger partial charge < -0.3 is 20.1 Å². The van der Waals surface area contributed by atoms with E-state index in [4.69, 9.17) is 9.47 Å². The second kappa shape index (κ2) is 10.0. The zero-order valence-electron chi connectivity index (χ0n) is 15.7. The number of amides is 2. The van der Waals surface area contributed by atoms with Crippen molar-refractivity contribution in [1.29, 1.82) is 0 Å². The van der Waals surface area contributed by atoms with Crippen molar-refractivity contribution in [2.45, 2.75) is 13.3 Å². The highest BCUT2D eigenvalue weighted by Crippen LogP contribution is 2.28. The molecule has 2 aromatic rings. The summed E-state index contributed by atoms with van der Waals surface area (Å²) in [6.45, 7) is 1.82. The predicted molar refractivity (Wildman–Crippen MR) is 104 cm³/mol. The van der Waals surface area contributed by atoms with Crippen molar-refractivity contribution in [3.63, 3.8) is 0 Å². The van der Waals surface area contributed by atoms with Gasteiger partial charge in [-0.05, 0) is 35.8 Å². The third-order valence-electron chi connectivity index (χ3n) is 3.82. The first-order valence-electron chi connectivity index (χ1n) is 8.57. The number of hydrogen-bond acceptors (Lipinski definition) is 4. The third kappa shape index (κ3) is 6.18. The molecule has 0 saturated carbocycles. The van der Waals surface area contributed by atoms with Crippen LogP contribution in [0, 0.1) is 0 Å². The van der Waals surface area contributed by atoms with Gasteiger partial charge in [-0.3, -0.25) is 9.59 Å². The molecular formula is C21H24N2O4. The average molecular weight is 368 g/mol. The largest absolute Gasteiger partial charge is 0.493 e. The van der Waals surface area contributed by atoms with Crippen LogP contribution in [0.2, 0.25) is 0 Å². The van der Waals surface area contributed by atoms with E-state index in [1.54, 1.807) is 31.4 Å². The maximum absolute atomic E-state index is 12.5. The van der Waals surface area contributed by atoms with Crippen molar-refractivity contribution in [2.75, 3.05) is 20.8 Å². The summed E-state index contributed by atoms with van der Waals surface area (Å²) >= 11 is 0. The maximum Gasteiger partial charge on any atom is 0.267 e. The van der Waals surface area contributed by atoms with E-state index in [0.29, 0.717) is 30.0 Å². The van der Waals surface area contributed by atoms with E-state index < -0.39 is 0 Å². The van der Waals surface area contributed by atoms with Crippen LogP contribution in [0.5, 0.6) is 11.5 Å². The number of nitrogens with one attached hydrogen (secondary N) is 2. The smallest absolute Gasteiger partial charge is 0.267 e. The Morgan fingerprint density at radius 1 is 1.00 bits per heavy atom. The van der Waals surface area contributed by atoms with Gasteiger partial charge in [0.2, 0.25) is 5.91 Å². The van der Waals surface area contributed by atoms with Gasteiger partial charge in [-0.1, -0.05) is 36.4 Å². The minimum absolute atomic E-state index is 0.169. The summed E-state index contributed by atoms with van der Waals surface area (Å²) < 4.78 is 10.5. The Morgan fingerprint density at radius 2 is 1.70 bits per heavy atom. The first kappa shape index (κ1) is 20.0. The lowest BCUT2D eigenvalue weighted by Gasteiger charge is -2.11. The molecule has 2 aromatic carbocycles. The van der Waals surface area contributed by atoms with E-state index >= 15 is 0 Å². The van der Waals surface area contributed by atoms with Crippen molar-refractivity contribution in [1.82, 2.24) is 10.6 Å². The fourth-order valence-corrected chi connectivity index (χ4v) is 2.52. The summed E-state index contributed by atoms with van der Waals surface area (Å²) in [5.41, 5.74) is 2.00. The van der Waals surface area contributed by atoms with Crippen LogP contribution >= 0.6 is 0 Å². The minimum Gasteiger partial charge on any atom is -0.493 e. The third-order valence-corrected chi connectivity index (χ3v) is 3.82. The second-order valence-electron chi connectivity index (χ2n) is 5.85. The van der Waals surface area contributed by atoms with Crippen LogP contribution in [0.15, 0.2) is 54.2 Å². The summed E-state index contributed by atoms with van der Waals surface area (Å²) in [6, 6.07) is 15.1. The summed E-state index contributed by atoms with van der Waals surface area (Å²) in [7, 11) is 3.09. The van der Waals surface area contributed by atoms with Crippen molar-refractivity contribution in [2.24, 2.45) is 0 Å². The molecule has 0 aliphatic heterocycles. The van der Waals surface area contributed by atoms with E-state index in [9.17, 15) is 9.59 Å². The molecule has 2 amide bonds. The standard InChI is InChI=1S/C21H24N2O4/c1-15(24)23-18(13-17-9-10-19(26-2)20(14-17)27-3)21(25)22-12-11-16-7-5-4-6-8-16/h4-10,13-14H,11-12H2,1-3H3,(H,22,25)(H,23,24). The molecule has 0 unspecified atom stereocenters. The highest BCUT2D eigenvalue weighted by Gasteiger charge is 2.12. The SMILES string of the molecule is COc1ccc(C=C(NC(C)=O)C(=O)NCCc2ccccc2)cc1OC. The van der Waals surface area contributed by atoms with Gasteiger partial charge in [0.15, 0.2) is 11.5 Å². The molecule has 0 aliphatic rings.